The van der Waals surface area contributed by atoms with Crippen LogP contribution in [0.1, 0.15) is 0 Å². The van der Waals surface area contributed by atoms with E-state index >= 15 is 0 Å². The van der Waals surface area contributed by atoms with Crippen molar-refractivity contribution < 1.29 is 17.6 Å². The third-order valence-electron chi connectivity index (χ3n) is 2.46. The zero-order valence-electron chi connectivity index (χ0n) is 11.1. The topological polar surface area (TPSA) is 103 Å². The summed E-state index contributed by atoms with van der Waals surface area (Å²) >= 11 is 0. The molecule has 0 saturated heterocycles. The minimum absolute atomic E-state index is 0.0317. The Bertz CT molecular complexity index is 725. The van der Waals surface area contributed by atoms with Gasteiger partial charge >= 0.3 is 10.1 Å². The van der Waals surface area contributed by atoms with Crippen LogP contribution in [0.3, 0.4) is 0 Å². The molecular formula is C13H13N3O4S. The number of anilines is 1. The minimum atomic E-state index is -3.91. The van der Waals surface area contributed by atoms with E-state index in [0.29, 0.717) is 17.1 Å². The highest BCUT2D eigenvalue weighted by Crippen LogP contribution is 2.21. The molecule has 21 heavy (non-hydrogen) atoms. The molecule has 0 amide bonds. The van der Waals surface area contributed by atoms with Crippen LogP contribution in [-0.2, 0) is 19.3 Å². The Labute approximate surface area is 122 Å². The van der Waals surface area contributed by atoms with E-state index in [2.05, 4.69) is 19.4 Å². The van der Waals surface area contributed by atoms with Gasteiger partial charge in [-0.15, -0.1) is 4.33 Å². The van der Waals surface area contributed by atoms with Gasteiger partial charge in [-0.05, 0) is 48.5 Å². The second kappa shape index (κ2) is 6.44. The number of nitrogen functional groups attached to an aromatic ring is 1. The number of hydrogen-bond acceptors (Lipinski definition) is 7. The van der Waals surface area contributed by atoms with E-state index in [9.17, 15) is 8.42 Å². The monoisotopic (exact) mass is 307 g/mol. The normalized spacial score (nSPS) is 11.9. The van der Waals surface area contributed by atoms with Crippen molar-refractivity contribution in [3.05, 3.63) is 48.5 Å². The molecule has 0 saturated carbocycles. The first-order valence-electron chi connectivity index (χ1n) is 5.86. The van der Waals surface area contributed by atoms with Gasteiger partial charge in [-0.2, -0.15) is 18.6 Å². The lowest BCUT2D eigenvalue weighted by atomic mass is 10.3. The molecule has 0 bridgehead atoms. The highest BCUT2D eigenvalue weighted by atomic mass is 32.2. The lowest BCUT2D eigenvalue weighted by molar-refractivity contribution is -0.172. The molecule has 2 aromatic rings. The standard InChI is InChI=1S/C13H13N3O4S/c1-19-20-21(17,18)13-8-6-12(7-9-13)16-15-11-4-2-10(14)3-5-11/h2-9H,14H2,1H3/b16-15+. The van der Waals surface area contributed by atoms with Crippen molar-refractivity contribution >= 4 is 27.2 Å². The van der Waals surface area contributed by atoms with Crippen molar-refractivity contribution in [3.63, 3.8) is 0 Å². The summed E-state index contributed by atoms with van der Waals surface area (Å²) in [5.41, 5.74) is 7.35. The molecule has 8 heteroatoms. The fourth-order valence-electron chi connectivity index (χ4n) is 1.46. The number of nitrogens with zero attached hydrogens (tertiary/aromatic N) is 2. The summed E-state index contributed by atoms with van der Waals surface area (Å²) in [6.45, 7) is 0. The largest absolute Gasteiger partial charge is 0.399 e. The van der Waals surface area contributed by atoms with Crippen LogP contribution in [0.4, 0.5) is 17.1 Å². The van der Waals surface area contributed by atoms with Crippen LogP contribution >= 0.6 is 0 Å². The third kappa shape index (κ3) is 4.09. The number of rotatable bonds is 5. The molecule has 110 valence electrons. The number of hydrogen-bond donors (Lipinski definition) is 1. The van der Waals surface area contributed by atoms with Crippen molar-refractivity contribution in [2.24, 2.45) is 10.2 Å². The lowest BCUT2D eigenvalue weighted by Crippen LogP contribution is -2.04. The SMILES string of the molecule is COOS(=O)(=O)c1ccc(/N=N/c2ccc(N)cc2)cc1. The van der Waals surface area contributed by atoms with Gasteiger partial charge in [0, 0.05) is 5.69 Å². The molecule has 0 aliphatic rings. The van der Waals surface area contributed by atoms with E-state index in [1.165, 1.54) is 24.3 Å². The van der Waals surface area contributed by atoms with Gasteiger partial charge in [-0.3, -0.25) is 0 Å². The molecular weight excluding hydrogens is 294 g/mol. The molecule has 0 spiro atoms. The van der Waals surface area contributed by atoms with Crippen molar-refractivity contribution in [2.45, 2.75) is 4.90 Å². The zero-order valence-corrected chi connectivity index (χ0v) is 11.9. The predicted molar refractivity (Wildman–Crippen MR) is 76.8 cm³/mol. The average molecular weight is 307 g/mol. The summed E-state index contributed by atoms with van der Waals surface area (Å²) in [4.78, 5) is 4.13. The zero-order chi connectivity index (χ0) is 15.3. The molecule has 0 aliphatic carbocycles. The van der Waals surface area contributed by atoms with Crippen LogP contribution in [0.2, 0.25) is 0 Å². The first kappa shape index (κ1) is 15.1. The van der Waals surface area contributed by atoms with Crippen LogP contribution in [0, 0.1) is 0 Å². The van der Waals surface area contributed by atoms with Gasteiger partial charge < -0.3 is 5.73 Å². The van der Waals surface area contributed by atoms with E-state index in [-0.39, 0.29) is 4.90 Å². The molecule has 0 unspecified atom stereocenters. The Morgan fingerprint density at radius 1 is 0.905 bits per heavy atom. The molecule has 2 N–H and O–H groups in total. The van der Waals surface area contributed by atoms with Crippen LogP contribution in [0.5, 0.6) is 0 Å². The summed E-state index contributed by atoms with van der Waals surface area (Å²) in [5, 5.41) is 8.00. The summed E-state index contributed by atoms with van der Waals surface area (Å²) < 4.78 is 27.3. The number of azo groups is 1. The van der Waals surface area contributed by atoms with Gasteiger partial charge in [0.25, 0.3) is 0 Å². The van der Waals surface area contributed by atoms with Crippen molar-refractivity contribution in [2.75, 3.05) is 12.8 Å². The van der Waals surface area contributed by atoms with Crippen molar-refractivity contribution in [1.29, 1.82) is 0 Å². The first-order valence-corrected chi connectivity index (χ1v) is 7.27. The Morgan fingerprint density at radius 2 is 1.38 bits per heavy atom. The fourth-order valence-corrected chi connectivity index (χ4v) is 2.19. The lowest BCUT2D eigenvalue weighted by Gasteiger charge is -2.01. The summed E-state index contributed by atoms with van der Waals surface area (Å²) in [6, 6.07) is 12.6. The average Bonchev–Trinajstić information content (AvgIpc) is 2.47. The van der Waals surface area contributed by atoms with Gasteiger partial charge in [-0.1, -0.05) is 0 Å². The molecule has 2 rings (SSSR count). The van der Waals surface area contributed by atoms with E-state index in [1.807, 2.05) is 0 Å². The van der Waals surface area contributed by atoms with Crippen LogP contribution < -0.4 is 5.73 Å². The Kier molecular flexibility index (Phi) is 4.63. The van der Waals surface area contributed by atoms with E-state index in [4.69, 9.17) is 5.73 Å². The Balaban J connectivity index is 2.14. The number of benzene rings is 2. The molecule has 0 aromatic heterocycles. The maximum Gasteiger partial charge on any atom is 0.323 e. The van der Waals surface area contributed by atoms with Crippen molar-refractivity contribution in [3.8, 4) is 0 Å². The van der Waals surface area contributed by atoms with Crippen molar-refractivity contribution in [1.82, 2.24) is 0 Å². The Morgan fingerprint density at radius 3 is 1.86 bits per heavy atom. The summed E-state index contributed by atoms with van der Waals surface area (Å²) in [7, 11) is -2.79. The van der Waals surface area contributed by atoms with Gasteiger partial charge in [0.05, 0.1) is 23.4 Å². The maximum absolute atomic E-state index is 11.5. The van der Waals surface area contributed by atoms with Gasteiger partial charge in [0.15, 0.2) is 0 Å². The van der Waals surface area contributed by atoms with E-state index in [1.54, 1.807) is 24.3 Å². The summed E-state index contributed by atoms with van der Waals surface area (Å²) in [6.07, 6.45) is 0. The van der Waals surface area contributed by atoms with E-state index in [0.717, 1.165) is 7.11 Å². The van der Waals surface area contributed by atoms with Gasteiger partial charge in [-0.25, -0.2) is 4.89 Å². The quantitative estimate of drug-likeness (QED) is 0.396. The highest BCUT2D eigenvalue weighted by Gasteiger charge is 2.15. The summed E-state index contributed by atoms with van der Waals surface area (Å²) in [5.74, 6) is 0. The van der Waals surface area contributed by atoms with E-state index < -0.39 is 10.1 Å². The molecule has 0 aliphatic heterocycles. The van der Waals surface area contributed by atoms with Gasteiger partial charge in [0.2, 0.25) is 0 Å². The highest BCUT2D eigenvalue weighted by molar-refractivity contribution is 7.86. The Hall–Kier alpha value is -2.29. The minimum Gasteiger partial charge on any atom is -0.399 e. The molecule has 7 nitrogen and oxygen atoms in total. The molecule has 0 heterocycles. The predicted octanol–water partition coefficient (Wildman–Crippen LogP) is 2.95. The first-order chi connectivity index (χ1) is 10.0. The maximum atomic E-state index is 11.5. The van der Waals surface area contributed by atoms with Crippen LogP contribution in [0.15, 0.2) is 63.7 Å². The molecule has 0 fully saturated rings. The second-order valence-electron chi connectivity index (χ2n) is 3.97. The third-order valence-corrected chi connectivity index (χ3v) is 3.62. The van der Waals surface area contributed by atoms with Crippen LogP contribution in [0.25, 0.3) is 0 Å². The second-order valence-corrected chi connectivity index (χ2v) is 5.49. The smallest absolute Gasteiger partial charge is 0.323 e. The molecule has 0 radical (unpaired) electrons. The van der Waals surface area contributed by atoms with Crippen LogP contribution in [-0.4, -0.2) is 15.5 Å². The fraction of sp³-hybridized carbons (Fsp3) is 0.0769. The number of nitrogens with two attached hydrogens (primary N) is 1. The molecule has 0 atom stereocenters. The molecule has 2 aromatic carbocycles. The van der Waals surface area contributed by atoms with Gasteiger partial charge in [0.1, 0.15) is 0 Å².